The zero-order valence-corrected chi connectivity index (χ0v) is 8.59. The van der Waals surface area contributed by atoms with Gasteiger partial charge in [0.1, 0.15) is 0 Å². The Kier molecular flexibility index (Phi) is 2.06. The number of hydrogen-bond donors (Lipinski definition) is 2. The number of nitrogens with zero attached hydrogens (tertiary/aromatic N) is 1. The van der Waals surface area contributed by atoms with Gasteiger partial charge in [-0.1, -0.05) is 30.4 Å². The SMILES string of the molecule is OB(O)C1=CC=C2C(=Nc3ccccc32)C1. The molecule has 0 saturated carbocycles. The summed E-state index contributed by atoms with van der Waals surface area (Å²) in [6.45, 7) is 0. The van der Waals surface area contributed by atoms with Crippen LogP contribution in [0.3, 0.4) is 0 Å². The van der Waals surface area contributed by atoms with Gasteiger partial charge in [0.25, 0.3) is 0 Å². The van der Waals surface area contributed by atoms with Gasteiger partial charge in [0, 0.05) is 17.6 Å². The fourth-order valence-electron chi connectivity index (χ4n) is 2.10. The van der Waals surface area contributed by atoms with Crippen molar-refractivity contribution in [2.45, 2.75) is 6.42 Å². The van der Waals surface area contributed by atoms with E-state index in [1.165, 1.54) is 0 Å². The quantitative estimate of drug-likeness (QED) is 0.691. The van der Waals surface area contributed by atoms with Gasteiger partial charge in [0.05, 0.1) is 11.4 Å². The molecule has 1 aromatic rings. The second-order valence-electron chi connectivity index (χ2n) is 3.95. The third kappa shape index (κ3) is 1.35. The summed E-state index contributed by atoms with van der Waals surface area (Å²) in [5.41, 5.74) is 4.70. The summed E-state index contributed by atoms with van der Waals surface area (Å²) in [4.78, 5) is 4.49. The lowest BCUT2D eigenvalue weighted by Crippen LogP contribution is -2.19. The van der Waals surface area contributed by atoms with Gasteiger partial charge >= 0.3 is 7.12 Å². The highest BCUT2D eigenvalue weighted by Gasteiger charge is 2.26. The standard InChI is InChI=1S/C12H10BNO2/c15-13(16)8-5-6-10-9-3-1-2-4-11(9)14-12(10)7-8/h1-6,15-16H,7H2. The summed E-state index contributed by atoms with van der Waals surface area (Å²) < 4.78 is 0. The molecule has 0 atom stereocenters. The first-order valence-corrected chi connectivity index (χ1v) is 5.20. The average Bonchev–Trinajstić information content (AvgIpc) is 2.66. The van der Waals surface area contributed by atoms with Crippen LogP contribution in [0.4, 0.5) is 5.69 Å². The molecule has 0 amide bonds. The molecule has 78 valence electrons. The fraction of sp³-hybridized carbons (Fsp3) is 0.0833. The van der Waals surface area contributed by atoms with Gasteiger partial charge < -0.3 is 10.0 Å². The van der Waals surface area contributed by atoms with E-state index in [9.17, 15) is 0 Å². The molecule has 16 heavy (non-hydrogen) atoms. The van der Waals surface area contributed by atoms with Crippen molar-refractivity contribution in [3.8, 4) is 0 Å². The molecule has 3 nitrogen and oxygen atoms in total. The molecule has 0 fully saturated rings. The van der Waals surface area contributed by atoms with Crippen molar-refractivity contribution in [2.24, 2.45) is 4.99 Å². The molecule has 0 radical (unpaired) electrons. The largest absolute Gasteiger partial charge is 0.484 e. The number of hydrogen-bond acceptors (Lipinski definition) is 3. The normalized spacial score (nSPS) is 17.0. The number of aliphatic imine (C=N–C) groups is 1. The molecule has 0 aromatic heterocycles. The Morgan fingerprint density at radius 1 is 1.12 bits per heavy atom. The Bertz CT molecular complexity index is 544. The minimum Gasteiger partial charge on any atom is -0.423 e. The third-order valence-electron chi connectivity index (χ3n) is 2.93. The Hall–Kier alpha value is -1.65. The van der Waals surface area contributed by atoms with Crippen LogP contribution in [-0.2, 0) is 0 Å². The molecule has 0 spiro atoms. The van der Waals surface area contributed by atoms with E-state index in [2.05, 4.69) is 4.99 Å². The van der Waals surface area contributed by atoms with Crippen molar-refractivity contribution in [2.75, 3.05) is 0 Å². The van der Waals surface area contributed by atoms with Crippen LogP contribution >= 0.6 is 0 Å². The van der Waals surface area contributed by atoms with Crippen LogP contribution in [0.5, 0.6) is 0 Å². The molecular weight excluding hydrogens is 201 g/mol. The molecule has 4 heteroatoms. The van der Waals surface area contributed by atoms with Gasteiger partial charge in [-0.2, -0.15) is 0 Å². The van der Waals surface area contributed by atoms with Gasteiger partial charge in [-0.05, 0) is 11.5 Å². The van der Waals surface area contributed by atoms with Crippen LogP contribution in [0.1, 0.15) is 12.0 Å². The summed E-state index contributed by atoms with van der Waals surface area (Å²) in [6.07, 6.45) is 4.18. The van der Waals surface area contributed by atoms with Gasteiger partial charge in [0.15, 0.2) is 0 Å². The topological polar surface area (TPSA) is 52.8 Å². The predicted molar refractivity (Wildman–Crippen MR) is 64.4 cm³/mol. The van der Waals surface area contributed by atoms with Crippen molar-refractivity contribution >= 4 is 24.1 Å². The Labute approximate surface area is 93.6 Å². The van der Waals surface area contributed by atoms with Crippen molar-refractivity contribution in [3.05, 3.63) is 47.5 Å². The highest BCUT2D eigenvalue weighted by Crippen LogP contribution is 2.38. The molecule has 2 aliphatic rings. The van der Waals surface area contributed by atoms with Crippen molar-refractivity contribution < 1.29 is 10.0 Å². The maximum atomic E-state index is 9.12. The van der Waals surface area contributed by atoms with E-state index in [0.717, 1.165) is 22.5 Å². The first kappa shape index (κ1) is 9.57. The Morgan fingerprint density at radius 2 is 1.94 bits per heavy atom. The summed E-state index contributed by atoms with van der Waals surface area (Å²) in [7, 11) is -1.38. The van der Waals surface area contributed by atoms with Crippen LogP contribution in [0, 0.1) is 0 Å². The molecule has 1 heterocycles. The van der Waals surface area contributed by atoms with E-state index in [0.29, 0.717) is 11.9 Å². The summed E-state index contributed by atoms with van der Waals surface area (Å²) in [5.74, 6) is 0. The van der Waals surface area contributed by atoms with Crippen LogP contribution in [-0.4, -0.2) is 22.9 Å². The Morgan fingerprint density at radius 3 is 2.75 bits per heavy atom. The van der Waals surface area contributed by atoms with Crippen LogP contribution in [0.2, 0.25) is 0 Å². The van der Waals surface area contributed by atoms with Gasteiger partial charge in [-0.3, -0.25) is 4.99 Å². The highest BCUT2D eigenvalue weighted by atomic mass is 16.4. The first-order chi connectivity index (χ1) is 7.75. The second-order valence-corrected chi connectivity index (χ2v) is 3.95. The average molecular weight is 211 g/mol. The molecule has 0 bridgehead atoms. The second kappa shape index (κ2) is 3.44. The minimum atomic E-state index is -1.38. The number of fused-ring (bicyclic) bond motifs is 3. The molecule has 3 rings (SSSR count). The Balaban J connectivity index is 2.07. The smallest absolute Gasteiger partial charge is 0.423 e. The summed E-state index contributed by atoms with van der Waals surface area (Å²) in [5, 5.41) is 18.2. The summed E-state index contributed by atoms with van der Waals surface area (Å²) in [6, 6.07) is 7.94. The molecule has 1 aromatic carbocycles. The van der Waals surface area contributed by atoms with Crippen LogP contribution < -0.4 is 0 Å². The molecule has 1 aliphatic heterocycles. The number of allylic oxidation sites excluding steroid dienone is 4. The molecular formula is C12H10BNO2. The lowest BCUT2D eigenvalue weighted by Gasteiger charge is -2.12. The molecule has 1 aliphatic carbocycles. The van der Waals surface area contributed by atoms with E-state index in [1.54, 1.807) is 6.08 Å². The predicted octanol–water partition coefficient (Wildman–Crippen LogP) is 1.50. The van der Waals surface area contributed by atoms with Crippen LogP contribution in [0.15, 0.2) is 46.9 Å². The van der Waals surface area contributed by atoms with Gasteiger partial charge in [0.2, 0.25) is 0 Å². The first-order valence-electron chi connectivity index (χ1n) is 5.20. The molecule has 0 saturated heterocycles. The zero-order chi connectivity index (χ0) is 11.1. The maximum absolute atomic E-state index is 9.12. The zero-order valence-electron chi connectivity index (χ0n) is 8.59. The van der Waals surface area contributed by atoms with Crippen molar-refractivity contribution in [1.82, 2.24) is 0 Å². The van der Waals surface area contributed by atoms with Crippen molar-refractivity contribution in [3.63, 3.8) is 0 Å². The lowest BCUT2D eigenvalue weighted by atomic mass is 9.73. The summed E-state index contributed by atoms with van der Waals surface area (Å²) >= 11 is 0. The maximum Gasteiger partial charge on any atom is 0.484 e. The number of rotatable bonds is 1. The fourth-order valence-corrected chi connectivity index (χ4v) is 2.10. The number of para-hydroxylation sites is 1. The lowest BCUT2D eigenvalue weighted by molar-refractivity contribution is 0.418. The minimum absolute atomic E-state index is 0.512. The highest BCUT2D eigenvalue weighted by molar-refractivity contribution is 6.53. The van der Waals surface area contributed by atoms with Crippen molar-refractivity contribution in [1.29, 1.82) is 0 Å². The van der Waals surface area contributed by atoms with E-state index in [-0.39, 0.29) is 0 Å². The van der Waals surface area contributed by atoms with Crippen LogP contribution in [0.25, 0.3) is 5.57 Å². The molecule has 2 N–H and O–H groups in total. The van der Waals surface area contributed by atoms with E-state index >= 15 is 0 Å². The number of benzene rings is 1. The van der Waals surface area contributed by atoms with Gasteiger partial charge in [-0.15, -0.1) is 0 Å². The van der Waals surface area contributed by atoms with E-state index < -0.39 is 7.12 Å². The van der Waals surface area contributed by atoms with E-state index in [1.807, 2.05) is 30.3 Å². The van der Waals surface area contributed by atoms with Gasteiger partial charge in [-0.25, -0.2) is 0 Å². The van der Waals surface area contributed by atoms with E-state index in [4.69, 9.17) is 10.0 Å². The molecule has 0 unspecified atom stereocenters. The monoisotopic (exact) mass is 211 g/mol. The third-order valence-corrected chi connectivity index (χ3v) is 2.93.